The molecule has 0 bridgehead atoms. The van der Waals surface area contributed by atoms with E-state index in [-0.39, 0.29) is 0 Å². The van der Waals surface area contributed by atoms with Gasteiger partial charge in [-0.05, 0) is 99.5 Å². The number of para-hydroxylation sites is 3. The van der Waals surface area contributed by atoms with Crippen LogP contribution in [-0.4, -0.2) is 0 Å². The molecule has 0 saturated carbocycles. The molecule has 1 aliphatic carbocycles. The van der Waals surface area contributed by atoms with Gasteiger partial charge in [0.2, 0.25) is 0 Å². The van der Waals surface area contributed by atoms with Gasteiger partial charge in [0.15, 0.2) is 0 Å². The molecule has 302 valence electrons. The van der Waals surface area contributed by atoms with E-state index in [2.05, 4.69) is 229 Å². The summed E-state index contributed by atoms with van der Waals surface area (Å²) in [6.45, 7) is 0. The van der Waals surface area contributed by atoms with Crippen LogP contribution in [-0.2, 0) is 0 Å². The average Bonchev–Trinajstić information content (AvgIpc) is 3.84. The first-order valence-corrected chi connectivity index (χ1v) is 21.9. The van der Waals surface area contributed by atoms with Crippen molar-refractivity contribution in [1.82, 2.24) is 0 Å². The second-order valence-electron chi connectivity index (χ2n) is 16.4. The molecule has 64 heavy (non-hydrogen) atoms. The van der Waals surface area contributed by atoms with Crippen molar-refractivity contribution in [3.8, 4) is 55.6 Å². The van der Waals surface area contributed by atoms with Crippen LogP contribution in [0.4, 0.5) is 17.1 Å². The van der Waals surface area contributed by atoms with Gasteiger partial charge in [-0.25, -0.2) is 0 Å². The van der Waals surface area contributed by atoms with E-state index in [0.29, 0.717) is 0 Å². The minimum absolute atomic E-state index is 0.911. The molecular weight excluding hydrogens is 779 g/mol. The fraction of sp³-hybridized carbons (Fsp3) is 0.0164. The minimum Gasteiger partial charge on any atom is -0.455 e. The first kappa shape index (κ1) is 37.4. The molecule has 2 aromatic heterocycles. The molecule has 0 unspecified atom stereocenters. The van der Waals surface area contributed by atoms with Crippen molar-refractivity contribution in [2.75, 3.05) is 4.90 Å². The van der Waals surface area contributed by atoms with Gasteiger partial charge in [-0.1, -0.05) is 188 Å². The van der Waals surface area contributed by atoms with Crippen LogP contribution in [0.3, 0.4) is 0 Å². The lowest BCUT2D eigenvalue weighted by molar-refractivity contribution is 0.604. The summed E-state index contributed by atoms with van der Waals surface area (Å²) in [4.78, 5) is 2.33. The third kappa shape index (κ3) is 6.72. The van der Waals surface area contributed by atoms with Gasteiger partial charge in [0.25, 0.3) is 0 Å². The average molecular weight is 820 g/mol. The summed E-state index contributed by atoms with van der Waals surface area (Å²) >= 11 is 0. The highest BCUT2D eigenvalue weighted by atomic mass is 16.3. The highest BCUT2D eigenvalue weighted by Gasteiger charge is 2.18. The highest BCUT2D eigenvalue weighted by Crippen LogP contribution is 2.41. The van der Waals surface area contributed by atoms with E-state index in [1.54, 1.807) is 0 Å². The van der Waals surface area contributed by atoms with Gasteiger partial charge in [-0.15, -0.1) is 0 Å². The van der Waals surface area contributed by atoms with Crippen LogP contribution in [0, 0.1) is 0 Å². The van der Waals surface area contributed by atoms with Gasteiger partial charge in [-0.3, -0.25) is 0 Å². The Kier molecular flexibility index (Phi) is 9.23. The fourth-order valence-electron chi connectivity index (χ4n) is 9.26. The van der Waals surface area contributed by atoms with E-state index in [1.807, 2.05) is 12.1 Å². The number of benzene rings is 9. The Morgan fingerprint density at radius 2 is 0.734 bits per heavy atom. The van der Waals surface area contributed by atoms with Crippen LogP contribution in [0.15, 0.2) is 233 Å². The number of rotatable bonds is 8. The largest absolute Gasteiger partial charge is 0.455 e. The van der Waals surface area contributed by atoms with Crippen LogP contribution < -0.4 is 4.90 Å². The van der Waals surface area contributed by atoms with Gasteiger partial charge in [-0.2, -0.15) is 0 Å². The minimum atomic E-state index is 0.911. The summed E-state index contributed by atoms with van der Waals surface area (Å²) in [6, 6.07) is 75.9. The molecule has 11 aromatic rings. The summed E-state index contributed by atoms with van der Waals surface area (Å²) in [5.41, 5.74) is 18.6. The van der Waals surface area contributed by atoms with Crippen molar-refractivity contribution in [1.29, 1.82) is 0 Å². The molecule has 9 aromatic carbocycles. The van der Waals surface area contributed by atoms with Crippen molar-refractivity contribution >= 4 is 62.1 Å². The first-order valence-electron chi connectivity index (χ1n) is 21.9. The summed E-state index contributed by atoms with van der Waals surface area (Å²) < 4.78 is 12.8. The summed E-state index contributed by atoms with van der Waals surface area (Å²) in [5.74, 6) is 0.921. The Morgan fingerprint density at radius 3 is 1.30 bits per heavy atom. The Morgan fingerprint density at radius 1 is 0.312 bits per heavy atom. The molecule has 0 spiro atoms. The molecule has 0 radical (unpaired) electrons. The molecule has 0 atom stereocenters. The lowest BCUT2D eigenvalue weighted by atomic mass is 9.98. The molecule has 0 amide bonds. The van der Waals surface area contributed by atoms with Gasteiger partial charge < -0.3 is 13.7 Å². The molecule has 0 saturated heterocycles. The number of fused-ring (bicyclic) bond motifs is 6. The number of hydrogen-bond acceptors (Lipinski definition) is 3. The third-order valence-electron chi connectivity index (χ3n) is 12.6. The predicted octanol–water partition coefficient (Wildman–Crippen LogP) is 17.6. The molecule has 1 aliphatic rings. The number of anilines is 3. The van der Waals surface area contributed by atoms with Crippen LogP contribution >= 0.6 is 0 Å². The fourth-order valence-corrected chi connectivity index (χ4v) is 9.26. The Labute approximate surface area is 372 Å². The zero-order valence-electron chi connectivity index (χ0n) is 35.0. The van der Waals surface area contributed by atoms with Crippen molar-refractivity contribution in [2.24, 2.45) is 0 Å². The Hall–Kier alpha value is -8.40. The maximum Gasteiger partial charge on any atom is 0.143 e. The molecule has 3 nitrogen and oxygen atoms in total. The van der Waals surface area contributed by atoms with Crippen LogP contribution in [0.5, 0.6) is 0 Å². The van der Waals surface area contributed by atoms with Gasteiger partial charge in [0.1, 0.15) is 22.5 Å². The summed E-state index contributed by atoms with van der Waals surface area (Å²) in [7, 11) is 0. The standard InChI is InChI=1S/C61H41NO2/c1-3-11-41(12-4-1)44-29-35-49(36-30-44)62(51-39-33-46(34-40-51)43-23-27-48(28-24-43)53-16-10-18-57-55-14-7-8-20-59(55)64-61(53)57)50-37-31-45(32-38-50)42-21-25-47(26-22-42)52-15-9-17-56-54-13-5-2-6-19-58(54)63-60(52)56/h1,3-40H,2H2. The van der Waals surface area contributed by atoms with E-state index in [1.165, 1.54) is 11.1 Å². The van der Waals surface area contributed by atoms with E-state index in [9.17, 15) is 0 Å². The highest BCUT2D eigenvalue weighted by molar-refractivity contribution is 6.09. The molecular formula is C61H41NO2. The van der Waals surface area contributed by atoms with E-state index in [0.717, 1.165) is 112 Å². The normalized spacial score (nSPS) is 12.2. The molecule has 0 N–H and O–H groups in total. The van der Waals surface area contributed by atoms with Crippen LogP contribution in [0.1, 0.15) is 17.7 Å². The monoisotopic (exact) mass is 819 g/mol. The topological polar surface area (TPSA) is 29.5 Å². The van der Waals surface area contributed by atoms with Crippen molar-refractivity contribution in [3.63, 3.8) is 0 Å². The zero-order valence-corrected chi connectivity index (χ0v) is 35.0. The van der Waals surface area contributed by atoms with Crippen molar-refractivity contribution < 1.29 is 8.83 Å². The second-order valence-corrected chi connectivity index (χ2v) is 16.4. The lowest BCUT2D eigenvalue weighted by Crippen LogP contribution is -2.09. The Bertz CT molecular complexity index is 3520. The van der Waals surface area contributed by atoms with E-state index < -0.39 is 0 Å². The van der Waals surface area contributed by atoms with Gasteiger partial charge in [0, 0.05) is 49.9 Å². The zero-order chi connectivity index (χ0) is 42.4. The van der Waals surface area contributed by atoms with Crippen molar-refractivity contribution in [2.45, 2.75) is 6.42 Å². The maximum absolute atomic E-state index is 6.43. The molecule has 3 heteroatoms. The second kappa shape index (κ2) is 15.8. The number of allylic oxidation sites excluding steroid dienone is 2. The molecule has 2 heterocycles. The van der Waals surface area contributed by atoms with Crippen molar-refractivity contribution in [3.05, 3.63) is 236 Å². The van der Waals surface area contributed by atoms with Crippen LogP contribution in [0.25, 0.3) is 101 Å². The Balaban J connectivity index is 0.843. The van der Waals surface area contributed by atoms with E-state index in [4.69, 9.17) is 8.83 Å². The van der Waals surface area contributed by atoms with E-state index >= 15 is 0 Å². The third-order valence-corrected chi connectivity index (χ3v) is 12.6. The number of nitrogens with zero attached hydrogens (tertiary/aromatic N) is 1. The quantitative estimate of drug-likeness (QED) is 0.153. The molecule has 0 fully saturated rings. The SMILES string of the molecule is C1=Cc2oc3c(-c4ccc(-c5ccc(N(c6ccc(-c7ccccc7)cc6)c6ccc(-c7ccc(-c8cccc9c8oc8ccccc89)cc7)cc6)cc5)cc4)cccc3c2C=CC1. The molecule has 12 rings (SSSR count). The smallest absolute Gasteiger partial charge is 0.143 e. The van der Waals surface area contributed by atoms with Gasteiger partial charge >= 0.3 is 0 Å². The van der Waals surface area contributed by atoms with Crippen LogP contribution in [0.2, 0.25) is 0 Å². The lowest BCUT2D eigenvalue weighted by Gasteiger charge is -2.26. The number of furan rings is 2. The molecule has 0 aliphatic heterocycles. The first-order chi connectivity index (χ1) is 31.7. The maximum atomic E-state index is 6.43. The summed E-state index contributed by atoms with van der Waals surface area (Å²) in [5, 5.41) is 3.43. The predicted molar refractivity (Wildman–Crippen MR) is 268 cm³/mol. The summed E-state index contributed by atoms with van der Waals surface area (Å²) in [6.07, 6.45) is 9.52. The number of hydrogen-bond donors (Lipinski definition) is 0. The van der Waals surface area contributed by atoms with Gasteiger partial charge in [0.05, 0.1) is 0 Å².